The van der Waals surface area contributed by atoms with Gasteiger partial charge in [-0.2, -0.15) is 0 Å². The summed E-state index contributed by atoms with van der Waals surface area (Å²) >= 11 is 0. The summed E-state index contributed by atoms with van der Waals surface area (Å²) in [5, 5.41) is 12.6. The SMILES string of the molecule is COC1=C(C)C(C)=C(C(CC(C)C)NC(=O)C2=CC(COc3ccccc3)=CCC2CCC(=O)O)CC1. The number of para-hydroxylation sites is 1. The molecule has 6 heteroatoms. The van der Waals surface area contributed by atoms with E-state index in [9.17, 15) is 14.7 Å². The number of ether oxygens (including phenoxy) is 2. The van der Waals surface area contributed by atoms with Crippen LogP contribution in [0, 0.1) is 11.8 Å². The van der Waals surface area contributed by atoms with Crippen molar-refractivity contribution in [2.75, 3.05) is 13.7 Å². The molecule has 37 heavy (non-hydrogen) atoms. The number of amides is 1. The van der Waals surface area contributed by atoms with Crippen LogP contribution in [0.3, 0.4) is 0 Å². The fraction of sp³-hybridized carbons (Fsp3) is 0.484. The van der Waals surface area contributed by atoms with Crippen LogP contribution in [0.5, 0.6) is 5.75 Å². The average molecular weight is 508 g/mol. The highest BCUT2D eigenvalue weighted by Gasteiger charge is 2.29. The zero-order chi connectivity index (χ0) is 26.9. The molecule has 0 fully saturated rings. The van der Waals surface area contributed by atoms with Gasteiger partial charge in [0.25, 0.3) is 0 Å². The van der Waals surface area contributed by atoms with Gasteiger partial charge in [0.05, 0.1) is 18.9 Å². The Morgan fingerprint density at radius 1 is 1.11 bits per heavy atom. The summed E-state index contributed by atoms with van der Waals surface area (Å²) in [5.74, 6) is 1.07. The summed E-state index contributed by atoms with van der Waals surface area (Å²) in [4.78, 5) is 25.1. The van der Waals surface area contributed by atoms with Crippen molar-refractivity contribution in [2.45, 2.75) is 72.3 Å². The van der Waals surface area contributed by atoms with Gasteiger partial charge in [-0.15, -0.1) is 0 Å². The summed E-state index contributed by atoms with van der Waals surface area (Å²) < 4.78 is 11.5. The highest BCUT2D eigenvalue weighted by Crippen LogP contribution is 2.35. The van der Waals surface area contributed by atoms with Crippen molar-refractivity contribution in [3.05, 3.63) is 76.1 Å². The highest BCUT2D eigenvalue weighted by molar-refractivity contribution is 5.95. The lowest BCUT2D eigenvalue weighted by atomic mass is 9.82. The van der Waals surface area contributed by atoms with Gasteiger partial charge in [-0.25, -0.2) is 0 Å². The third-order valence-corrected chi connectivity index (χ3v) is 7.33. The van der Waals surface area contributed by atoms with Crippen LogP contribution in [0.4, 0.5) is 0 Å². The van der Waals surface area contributed by atoms with Crippen molar-refractivity contribution in [3.8, 4) is 5.75 Å². The second-order valence-corrected chi connectivity index (χ2v) is 10.4. The molecule has 1 aromatic carbocycles. The van der Waals surface area contributed by atoms with Crippen LogP contribution in [0.1, 0.15) is 66.2 Å². The summed E-state index contributed by atoms with van der Waals surface area (Å²) in [7, 11) is 1.71. The van der Waals surface area contributed by atoms with E-state index in [4.69, 9.17) is 9.47 Å². The zero-order valence-corrected chi connectivity index (χ0v) is 22.8. The van der Waals surface area contributed by atoms with Crippen LogP contribution < -0.4 is 10.1 Å². The molecule has 0 radical (unpaired) electrons. The molecular formula is C31H41NO5. The molecule has 0 bridgehead atoms. The van der Waals surface area contributed by atoms with Crippen LogP contribution >= 0.6 is 0 Å². The number of benzene rings is 1. The summed E-state index contributed by atoms with van der Waals surface area (Å²) in [6.07, 6.45) is 7.55. The number of rotatable bonds is 12. The lowest BCUT2D eigenvalue weighted by Gasteiger charge is -2.31. The minimum absolute atomic E-state index is 0.0302. The molecule has 3 rings (SSSR count). The minimum Gasteiger partial charge on any atom is -0.501 e. The smallest absolute Gasteiger partial charge is 0.303 e. The van der Waals surface area contributed by atoms with Crippen LogP contribution in [-0.4, -0.2) is 36.7 Å². The Bertz CT molecular complexity index is 1090. The first kappa shape index (κ1) is 28.3. The van der Waals surface area contributed by atoms with Gasteiger partial charge < -0.3 is 19.9 Å². The molecule has 0 saturated heterocycles. The Morgan fingerprint density at radius 3 is 2.49 bits per heavy atom. The van der Waals surface area contributed by atoms with Gasteiger partial charge in [0.2, 0.25) is 5.91 Å². The predicted molar refractivity (Wildman–Crippen MR) is 146 cm³/mol. The number of hydrogen-bond donors (Lipinski definition) is 2. The van der Waals surface area contributed by atoms with Crippen LogP contribution in [0.2, 0.25) is 0 Å². The van der Waals surface area contributed by atoms with Crippen molar-refractivity contribution in [3.63, 3.8) is 0 Å². The summed E-state index contributed by atoms with van der Waals surface area (Å²) in [6.45, 7) is 8.88. The molecule has 2 aliphatic carbocycles. The second-order valence-electron chi connectivity index (χ2n) is 10.4. The standard InChI is InChI=1S/C31H41NO5/c1-20(2)17-28(26-14-15-29(36-5)22(4)21(26)3)32-31(35)27-18-23(11-12-24(27)13-16-30(33)34)19-37-25-9-7-6-8-10-25/h6-11,18,20,24,28H,12-17,19H2,1-5H3,(H,32,35)(H,33,34). The van der Waals surface area contributed by atoms with Crippen molar-refractivity contribution in [1.82, 2.24) is 5.32 Å². The highest BCUT2D eigenvalue weighted by atomic mass is 16.5. The third-order valence-electron chi connectivity index (χ3n) is 7.33. The topological polar surface area (TPSA) is 84.9 Å². The maximum absolute atomic E-state index is 13.8. The zero-order valence-electron chi connectivity index (χ0n) is 22.8. The van der Waals surface area contributed by atoms with E-state index in [0.29, 0.717) is 30.9 Å². The Labute approximate surface area is 221 Å². The summed E-state index contributed by atoms with van der Waals surface area (Å²) in [5.41, 5.74) is 5.15. The molecule has 1 aromatic rings. The molecule has 0 spiro atoms. The molecule has 1 amide bonds. The number of carboxylic acids is 1. The fourth-order valence-corrected chi connectivity index (χ4v) is 5.17. The van der Waals surface area contributed by atoms with Crippen molar-refractivity contribution in [1.29, 1.82) is 0 Å². The fourth-order valence-electron chi connectivity index (χ4n) is 5.17. The lowest BCUT2D eigenvalue weighted by Crippen LogP contribution is -2.40. The van der Waals surface area contributed by atoms with E-state index in [1.54, 1.807) is 7.11 Å². The largest absolute Gasteiger partial charge is 0.501 e. The van der Waals surface area contributed by atoms with Crippen molar-refractivity contribution in [2.24, 2.45) is 11.8 Å². The Kier molecular flexibility index (Phi) is 10.2. The van der Waals surface area contributed by atoms with Gasteiger partial charge >= 0.3 is 5.97 Å². The van der Waals surface area contributed by atoms with E-state index in [0.717, 1.165) is 41.9 Å². The van der Waals surface area contributed by atoms with Crippen molar-refractivity contribution < 1.29 is 24.2 Å². The van der Waals surface area contributed by atoms with Gasteiger partial charge in [-0.3, -0.25) is 9.59 Å². The van der Waals surface area contributed by atoms with Gasteiger partial charge in [0.1, 0.15) is 12.4 Å². The molecule has 6 nitrogen and oxygen atoms in total. The van der Waals surface area contributed by atoms with E-state index in [1.807, 2.05) is 36.4 Å². The Hall–Kier alpha value is -3.28. The first-order chi connectivity index (χ1) is 17.7. The van der Waals surface area contributed by atoms with Gasteiger partial charge in [0.15, 0.2) is 0 Å². The number of carbonyl (C=O) groups is 2. The molecule has 2 atom stereocenters. The number of carboxylic acid groups (broad SMARTS) is 1. The maximum Gasteiger partial charge on any atom is 0.303 e. The predicted octanol–water partition coefficient (Wildman–Crippen LogP) is 6.36. The number of aliphatic carboxylic acids is 1. The molecule has 200 valence electrons. The second kappa shape index (κ2) is 13.3. The average Bonchev–Trinajstić information content (AvgIpc) is 2.88. The number of carbonyl (C=O) groups excluding carboxylic acids is 1. The maximum atomic E-state index is 13.8. The van der Waals surface area contributed by atoms with E-state index in [-0.39, 0.29) is 24.3 Å². The Morgan fingerprint density at radius 2 is 1.84 bits per heavy atom. The van der Waals surface area contributed by atoms with E-state index in [1.165, 1.54) is 11.1 Å². The number of methoxy groups -OCH3 is 1. The normalized spacial score (nSPS) is 18.8. The third kappa shape index (κ3) is 7.85. The quantitative estimate of drug-likeness (QED) is 0.344. The van der Waals surface area contributed by atoms with E-state index >= 15 is 0 Å². The first-order valence-electron chi connectivity index (χ1n) is 13.2. The molecule has 0 aliphatic heterocycles. The Balaban J connectivity index is 1.84. The van der Waals surface area contributed by atoms with Gasteiger partial charge in [-0.1, -0.05) is 38.1 Å². The van der Waals surface area contributed by atoms with Crippen LogP contribution in [0.15, 0.2) is 76.1 Å². The summed E-state index contributed by atoms with van der Waals surface area (Å²) in [6, 6.07) is 9.50. The number of hydrogen-bond acceptors (Lipinski definition) is 4. The number of nitrogens with one attached hydrogen (secondary N) is 1. The molecule has 0 heterocycles. The minimum atomic E-state index is -0.848. The first-order valence-corrected chi connectivity index (χ1v) is 13.2. The molecule has 2 N–H and O–H groups in total. The van der Waals surface area contributed by atoms with Gasteiger partial charge in [-0.05, 0) is 91.9 Å². The lowest BCUT2D eigenvalue weighted by molar-refractivity contribution is -0.137. The van der Waals surface area contributed by atoms with E-state index < -0.39 is 5.97 Å². The molecule has 2 unspecified atom stereocenters. The molecular weight excluding hydrogens is 466 g/mol. The molecule has 0 aromatic heterocycles. The number of allylic oxidation sites excluding steroid dienone is 4. The molecule has 2 aliphatic rings. The van der Waals surface area contributed by atoms with E-state index in [2.05, 4.69) is 39.1 Å². The molecule has 0 saturated carbocycles. The van der Waals surface area contributed by atoms with Gasteiger partial charge in [0, 0.05) is 18.4 Å². The van der Waals surface area contributed by atoms with Crippen molar-refractivity contribution >= 4 is 11.9 Å². The van der Waals surface area contributed by atoms with Crippen LogP contribution in [-0.2, 0) is 14.3 Å². The monoisotopic (exact) mass is 507 g/mol. The van der Waals surface area contributed by atoms with Crippen LogP contribution in [0.25, 0.3) is 0 Å².